The standard InChI is InChI=1S/C12H12ClN3O2.C5H10O/c1-14-10-7-15-16(12(17)11(10)13)8-3-5-9(18-2)6-4-8;1-2-4-6-5-3-1/h3-7,14H,1-2H3;1-5H2. The highest BCUT2D eigenvalue weighted by Crippen LogP contribution is 2.17. The SMILES string of the molecule is C1CCOCC1.CNc1cnn(-c2ccc(OC)cc2)c(=O)c1Cl. The second-order valence-corrected chi connectivity index (χ2v) is 5.59. The molecule has 1 aliphatic heterocycles. The van der Waals surface area contributed by atoms with Crippen LogP contribution in [0.5, 0.6) is 5.75 Å². The van der Waals surface area contributed by atoms with Crippen molar-refractivity contribution in [2.45, 2.75) is 19.3 Å². The van der Waals surface area contributed by atoms with Crippen LogP contribution in [0.3, 0.4) is 0 Å². The molecule has 0 unspecified atom stereocenters. The maximum Gasteiger partial charge on any atom is 0.292 e. The number of hydrogen-bond donors (Lipinski definition) is 1. The van der Waals surface area contributed by atoms with Crippen LogP contribution < -0.4 is 15.6 Å². The topological polar surface area (TPSA) is 65.4 Å². The fraction of sp³-hybridized carbons (Fsp3) is 0.412. The fourth-order valence-corrected chi connectivity index (χ4v) is 2.42. The normalized spacial score (nSPS) is 13.6. The highest BCUT2D eigenvalue weighted by molar-refractivity contribution is 6.32. The molecule has 0 amide bonds. The minimum Gasteiger partial charge on any atom is -0.497 e. The molecule has 130 valence electrons. The van der Waals surface area contributed by atoms with Gasteiger partial charge in [-0.3, -0.25) is 4.79 Å². The second kappa shape index (κ2) is 9.30. The smallest absolute Gasteiger partial charge is 0.292 e. The number of ether oxygens (including phenoxy) is 2. The lowest BCUT2D eigenvalue weighted by Crippen LogP contribution is -2.22. The van der Waals surface area contributed by atoms with Gasteiger partial charge in [0.15, 0.2) is 0 Å². The predicted molar refractivity (Wildman–Crippen MR) is 95.6 cm³/mol. The Balaban J connectivity index is 0.000000292. The first-order valence-electron chi connectivity index (χ1n) is 7.85. The Hall–Kier alpha value is -2.05. The molecule has 1 aromatic carbocycles. The predicted octanol–water partition coefficient (Wildman–Crippen LogP) is 3.12. The zero-order valence-corrected chi connectivity index (χ0v) is 14.7. The van der Waals surface area contributed by atoms with E-state index in [1.165, 1.54) is 30.1 Å². The molecular formula is C17H22ClN3O3. The first-order valence-corrected chi connectivity index (χ1v) is 8.23. The second-order valence-electron chi connectivity index (χ2n) is 5.21. The maximum absolute atomic E-state index is 12.0. The van der Waals surface area contributed by atoms with Gasteiger partial charge in [-0.15, -0.1) is 0 Å². The Bertz CT molecular complexity index is 686. The molecule has 0 bridgehead atoms. The summed E-state index contributed by atoms with van der Waals surface area (Å²) in [4.78, 5) is 12.0. The van der Waals surface area contributed by atoms with Crippen molar-refractivity contribution in [3.8, 4) is 11.4 Å². The lowest BCUT2D eigenvalue weighted by Gasteiger charge is -2.08. The summed E-state index contributed by atoms with van der Waals surface area (Å²) in [6, 6.07) is 6.98. The van der Waals surface area contributed by atoms with Crippen molar-refractivity contribution in [2.24, 2.45) is 0 Å². The van der Waals surface area contributed by atoms with Crippen LogP contribution in [0.15, 0.2) is 35.3 Å². The molecule has 0 saturated carbocycles. The molecular weight excluding hydrogens is 330 g/mol. The zero-order chi connectivity index (χ0) is 17.4. The van der Waals surface area contributed by atoms with E-state index in [0.717, 1.165) is 13.2 Å². The first kappa shape index (κ1) is 18.3. The number of hydrogen-bond acceptors (Lipinski definition) is 5. The molecule has 1 aromatic heterocycles. The average Bonchev–Trinajstić information content (AvgIpc) is 2.66. The number of nitrogens with zero attached hydrogens (tertiary/aromatic N) is 2. The molecule has 6 nitrogen and oxygen atoms in total. The van der Waals surface area contributed by atoms with E-state index < -0.39 is 0 Å². The van der Waals surface area contributed by atoms with Crippen molar-refractivity contribution in [2.75, 3.05) is 32.7 Å². The number of aromatic nitrogens is 2. The highest BCUT2D eigenvalue weighted by Gasteiger charge is 2.09. The van der Waals surface area contributed by atoms with E-state index in [1.807, 2.05) is 0 Å². The van der Waals surface area contributed by atoms with Crippen molar-refractivity contribution in [1.82, 2.24) is 9.78 Å². The summed E-state index contributed by atoms with van der Waals surface area (Å²) in [5.74, 6) is 0.713. The summed E-state index contributed by atoms with van der Waals surface area (Å²) in [5.41, 5.74) is 0.769. The largest absolute Gasteiger partial charge is 0.497 e. The van der Waals surface area contributed by atoms with Crippen LogP contribution in [0.2, 0.25) is 5.02 Å². The summed E-state index contributed by atoms with van der Waals surface area (Å²) < 4.78 is 11.4. The molecule has 2 aromatic rings. The third-order valence-corrected chi connectivity index (χ3v) is 3.95. The molecule has 1 saturated heterocycles. The Labute approximate surface area is 146 Å². The van der Waals surface area contributed by atoms with Gasteiger partial charge in [0.1, 0.15) is 10.8 Å². The minimum atomic E-state index is -0.367. The van der Waals surface area contributed by atoms with Gasteiger partial charge in [0.25, 0.3) is 5.56 Å². The van der Waals surface area contributed by atoms with Crippen molar-refractivity contribution in [3.05, 3.63) is 45.8 Å². The van der Waals surface area contributed by atoms with Crippen LogP contribution in [0.25, 0.3) is 5.69 Å². The number of benzene rings is 1. The summed E-state index contributed by atoms with van der Waals surface area (Å²) in [6.45, 7) is 2.00. The number of methoxy groups -OCH3 is 1. The fourth-order valence-electron chi connectivity index (χ4n) is 2.20. The van der Waals surface area contributed by atoms with Gasteiger partial charge in [0.05, 0.1) is 24.7 Å². The Morgan fingerprint density at radius 2 is 1.88 bits per heavy atom. The molecule has 0 aliphatic carbocycles. The number of halogens is 1. The van der Waals surface area contributed by atoms with Crippen molar-refractivity contribution < 1.29 is 9.47 Å². The molecule has 1 fully saturated rings. The van der Waals surface area contributed by atoms with E-state index >= 15 is 0 Å². The van der Waals surface area contributed by atoms with Crippen LogP contribution in [0, 0.1) is 0 Å². The van der Waals surface area contributed by atoms with Crippen molar-refractivity contribution >= 4 is 17.3 Å². The Kier molecular flexibility index (Phi) is 7.08. The molecule has 0 radical (unpaired) electrons. The van der Waals surface area contributed by atoms with Gasteiger partial charge in [-0.25, -0.2) is 0 Å². The van der Waals surface area contributed by atoms with E-state index in [0.29, 0.717) is 17.1 Å². The highest BCUT2D eigenvalue weighted by atomic mass is 35.5. The van der Waals surface area contributed by atoms with Gasteiger partial charge in [-0.2, -0.15) is 9.78 Å². The van der Waals surface area contributed by atoms with Crippen LogP contribution >= 0.6 is 11.6 Å². The van der Waals surface area contributed by atoms with Gasteiger partial charge >= 0.3 is 0 Å². The molecule has 0 spiro atoms. The number of anilines is 1. The third kappa shape index (κ3) is 4.72. The van der Waals surface area contributed by atoms with Gasteiger partial charge in [0.2, 0.25) is 0 Å². The van der Waals surface area contributed by atoms with Gasteiger partial charge in [0, 0.05) is 20.3 Å². The van der Waals surface area contributed by atoms with E-state index in [2.05, 4.69) is 10.4 Å². The molecule has 2 heterocycles. The molecule has 1 N–H and O–H groups in total. The minimum absolute atomic E-state index is 0.114. The van der Waals surface area contributed by atoms with Crippen LogP contribution in [0.4, 0.5) is 5.69 Å². The lowest BCUT2D eigenvalue weighted by molar-refractivity contribution is 0.0968. The molecule has 1 aliphatic rings. The zero-order valence-electron chi connectivity index (χ0n) is 13.9. The van der Waals surface area contributed by atoms with E-state index in [4.69, 9.17) is 21.1 Å². The number of nitrogens with one attached hydrogen (secondary N) is 1. The van der Waals surface area contributed by atoms with Gasteiger partial charge < -0.3 is 14.8 Å². The Morgan fingerprint density at radius 1 is 1.21 bits per heavy atom. The Morgan fingerprint density at radius 3 is 2.33 bits per heavy atom. The van der Waals surface area contributed by atoms with E-state index in [9.17, 15) is 4.79 Å². The monoisotopic (exact) mass is 351 g/mol. The summed E-state index contributed by atoms with van der Waals surface area (Å²) in [7, 11) is 3.26. The number of rotatable bonds is 3. The third-order valence-electron chi connectivity index (χ3n) is 3.58. The van der Waals surface area contributed by atoms with Crippen LogP contribution in [0.1, 0.15) is 19.3 Å². The van der Waals surface area contributed by atoms with Gasteiger partial charge in [-0.1, -0.05) is 11.6 Å². The van der Waals surface area contributed by atoms with Crippen molar-refractivity contribution in [3.63, 3.8) is 0 Å². The van der Waals surface area contributed by atoms with Crippen LogP contribution in [-0.2, 0) is 4.74 Å². The quantitative estimate of drug-likeness (QED) is 0.920. The van der Waals surface area contributed by atoms with Gasteiger partial charge in [-0.05, 0) is 43.5 Å². The lowest BCUT2D eigenvalue weighted by atomic mass is 10.2. The summed E-state index contributed by atoms with van der Waals surface area (Å²) in [6.07, 6.45) is 5.44. The average molecular weight is 352 g/mol. The maximum atomic E-state index is 12.0. The summed E-state index contributed by atoms with van der Waals surface area (Å²) >= 11 is 5.95. The van der Waals surface area contributed by atoms with E-state index in [1.54, 1.807) is 38.4 Å². The molecule has 0 atom stereocenters. The molecule has 3 rings (SSSR count). The summed E-state index contributed by atoms with van der Waals surface area (Å²) in [5, 5.41) is 6.97. The molecule has 24 heavy (non-hydrogen) atoms. The van der Waals surface area contributed by atoms with Crippen LogP contribution in [-0.4, -0.2) is 37.2 Å². The van der Waals surface area contributed by atoms with E-state index in [-0.39, 0.29) is 10.6 Å². The first-order chi connectivity index (χ1) is 11.7. The van der Waals surface area contributed by atoms with Crippen molar-refractivity contribution in [1.29, 1.82) is 0 Å². The molecule has 7 heteroatoms.